The van der Waals surface area contributed by atoms with Crippen molar-refractivity contribution in [3.05, 3.63) is 12.3 Å². The van der Waals surface area contributed by atoms with Crippen molar-refractivity contribution in [3.8, 4) is 0 Å². The van der Waals surface area contributed by atoms with Crippen LogP contribution < -0.4 is 9.80 Å². The highest BCUT2D eigenvalue weighted by atomic mass is 16.5. The molecule has 3 aliphatic rings. The number of nitrogens with zero attached hydrogens (tertiary/aromatic N) is 6. The fourth-order valence-electron chi connectivity index (χ4n) is 3.83. The maximum atomic E-state index is 11.7. The minimum Gasteiger partial charge on any atom is -0.378 e. The number of anilines is 2. The van der Waals surface area contributed by atoms with Crippen LogP contribution in [0.15, 0.2) is 12.3 Å². The Hall–Kier alpha value is -1.93. The van der Waals surface area contributed by atoms with Gasteiger partial charge in [0.25, 0.3) is 0 Å². The summed E-state index contributed by atoms with van der Waals surface area (Å²) < 4.78 is 5.41. The van der Waals surface area contributed by atoms with Gasteiger partial charge in [0, 0.05) is 71.5 Å². The van der Waals surface area contributed by atoms with Crippen LogP contribution in [0.4, 0.5) is 11.8 Å². The second-order valence-electron chi connectivity index (χ2n) is 7.13. The van der Waals surface area contributed by atoms with E-state index >= 15 is 0 Å². The largest absolute Gasteiger partial charge is 0.378 e. The molecule has 1 aromatic heterocycles. The molecule has 1 aromatic rings. The predicted octanol–water partition coefficient (Wildman–Crippen LogP) is 0.0576. The Kier molecular flexibility index (Phi) is 5.50. The molecule has 3 aliphatic heterocycles. The zero-order valence-electron chi connectivity index (χ0n) is 15.3. The fraction of sp³-hybridized carbons (Fsp3) is 0.722. The zero-order chi connectivity index (χ0) is 17.8. The maximum Gasteiger partial charge on any atom is 0.227 e. The van der Waals surface area contributed by atoms with E-state index in [0.717, 1.165) is 96.7 Å². The molecule has 4 heterocycles. The number of piperazine rings is 1. The van der Waals surface area contributed by atoms with Crippen LogP contribution >= 0.6 is 0 Å². The number of aromatic nitrogens is 2. The lowest BCUT2D eigenvalue weighted by atomic mass is 10.3. The number of amides is 1. The third kappa shape index (κ3) is 4.07. The summed E-state index contributed by atoms with van der Waals surface area (Å²) in [6.45, 7) is 9.93. The van der Waals surface area contributed by atoms with Gasteiger partial charge < -0.3 is 19.4 Å². The third-order valence-corrected chi connectivity index (χ3v) is 5.48. The topological polar surface area (TPSA) is 65.0 Å². The van der Waals surface area contributed by atoms with Crippen molar-refractivity contribution in [1.29, 1.82) is 0 Å². The molecule has 0 atom stereocenters. The van der Waals surface area contributed by atoms with E-state index in [1.54, 1.807) is 0 Å². The average Bonchev–Trinajstić information content (AvgIpc) is 3.12. The first-order chi connectivity index (χ1) is 12.8. The van der Waals surface area contributed by atoms with Crippen molar-refractivity contribution in [2.24, 2.45) is 0 Å². The molecule has 0 spiro atoms. The molecule has 8 heteroatoms. The highest BCUT2D eigenvalue weighted by Gasteiger charge is 2.23. The van der Waals surface area contributed by atoms with Gasteiger partial charge in [-0.1, -0.05) is 0 Å². The average molecular weight is 360 g/mol. The molecule has 0 unspecified atom stereocenters. The normalized spacial score (nSPS) is 22.3. The molecule has 0 N–H and O–H groups in total. The van der Waals surface area contributed by atoms with E-state index in [0.29, 0.717) is 5.91 Å². The van der Waals surface area contributed by atoms with Crippen LogP contribution in [-0.2, 0) is 9.53 Å². The SMILES string of the molecule is O=C1CCCN1CCN1CCN(c2ccnc(N3CCOCC3)n2)CC1. The Bertz CT molecular complexity index is 613. The van der Waals surface area contributed by atoms with Gasteiger partial charge in [0.1, 0.15) is 5.82 Å². The molecule has 3 saturated heterocycles. The van der Waals surface area contributed by atoms with Crippen LogP contribution in [0.1, 0.15) is 12.8 Å². The summed E-state index contributed by atoms with van der Waals surface area (Å²) in [5.41, 5.74) is 0. The van der Waals surface area contributed by atoms with E-state index < -0.39 is 0 Å². The summed E-state index contributed by atoms with van der Waals surface area (Å²) >= 11 is 0. The lowest BCUT2D eigenvalue weighted by Gasteiger charge is -2.36. The van der Waals surface area contributed by atoms with Crippen molar-refractivity contribution in [1.82, 2.24) is 19.8 Å². The summed E-state index contributed by atoms with van der Waals surface area (Å²) in [7, 11) is 0. The molecule has 0 aliphatic carbocycles. The van der Waals surface area contributed by atoms with Gasteiger partial charge in [0.2, 0.25) is 11.9 Å². The van der Waals surface area contributed by atoms with Crippen LogP contribution in [-0.4, -0.2) is 97.8 Å². The number of hydrogen-bond donors (Lipinski definition) is 0. The van der Waals surface area contributed by atoms with Crippen molar-refractivity contribution >= 4 is 17.7 Å². The monoisotopic (exact) mass is 360 g/mol. The Morgan fingerprint density at radius 3 is 2.50 bits per heavy atom. The number of hydrogen-bond acceptors (Lipinski definition) is 7. The summed E-state index contributed by atoms with van der Waals surface area (Å²) in [6, 6.07) is 2.00. The molecule has 3 fully saturated rings. The van der Waals surface area contributed by atoms with E-state index in [2.05, 4.69) is 19.7 Å². The standard InChI is InChI=1S/C18H28N6O2/c25-17-2-1-5-23(17)11-8-21-6-9-22(10-7-21)16-3-4-19-18(20-16)24-12-14-26-15-13-24/h3-4H,1-2,5-15H2. The highest BCUT2D eigenvalue weighted by molar-refractivity contribution is 5.78. The van der Waals surface area contributed by atoms with E-state index in [4.69, 9.17) is 9.72 Å². The number of likely N-dealkylation sites (tertiary alicyclic amines) is 1. The second-order valence-corrected chi connectivity index (χ2v) is 7.13. The summed E-state index contributed by atoms with van der Waals surface area (Å²) in [4.78, 5) is 29.9. The van der Waals surface area contributed by atoms with E-state index in [1.165, 1.54) is 0 Å². The Morgan fingerprint density at radius 1 is 0.962 bits per heavy atom. The van der Waals surface area contributed by atoms with E-state index in [-0.39, 0.29) is 0 Å². The summed E-state index contributed by atoms with van der Waals surface area (Å²) in [5, 5.41) is 0. The molecule has 0 aromatic carbocycles. The molecule has 4 rings (SSSR count). The molecule has 26 heavy (non-hydrogen) atoms. The predicted molar refractivity (Wildman–Crippen MR) is 99.5 cm³/mol. The maximum absolute atomic E-state index is 11.7. The summed E-state index contributed by atoms with van der Waals surface area (Å²) in [6.07, 6.45) is 3.61. The van der Waals surface area contributed by atoms with Gasteiger partial charge in [-0.2, -0.15) is 4.98 Å². The van der Waals surface area contributed by atoms with Gasteiger partial charge in [0.15, 0.2) is 0 Å². The van der Waals surface area contributed by atoms with Crippen LogP contribution in [0.3, 0.4) is 0 Å². The minimum absolute atomic E-state index is 0.320. The highest BCUT2D eigenvalue weighted by Crippen LogP contribution is 2.18. The number of carbonyl (C=O) groups is 1. The quantitative estimate of drug-likeness (QED) is 0.735. The van der Waals surface area contributed by atoms with Gasteiger partial charge in [-0.3, -0.25) is 9.69 Å². The van der Waals surface area contributed by atoms with Crippen LogP contribution in [0, 0.1) is 0 Å². The number of carbonyl (C=O) groups excluding carboxylic acids is 1. The number of morpholine rings is 1. The van der Waals surface area contributed by atoms with Crippen LogP contribution in [0.2, 0.25) is 0 Å². The minimum atomic E-state index is 0.320. The molecule has 0 saturated carbocycles. The number of ether oxygens (including phenoxy) is 1. The fourth-order valence-corrected chi connectivity index (χ4v) is 3.83. The van der Waals surface area contributed by atoms with Gasteiger partial charge in [0.05, 0.1) is 13.2 Å². The molecule has 0 bridgehead atoms. The molecular formula is C18H28N6O2. The van der Waals surface area contributed by atoms with Crippen LogP contribution in [0.5, 0.6) is 0 Å². The van der Waals surface area contributed by atoms with Crippen molar-refractivity contribution in [2.75, 3.05) is 81.9 Å². The van der Waals surface area contributed by atoms with Gasteiger partial charge in [-0.15, -0.1) is 0 Å². The van der Waals surface area contributed by atoms with Gasteiger partial charge in [-0.05, 0) is 12.5 Å². The van der Waals surface area contributed by atoms with Crippen molar-refractivity contribution in [3.63, 3.8) is 0 Å². The van der Waals surface area contributed by atoms with Crippen molar-refractivity contribution in [2.45, 2.75) is 12.8 Å². The first-order valence-electron chi connectivity index (χ1n) is 9.70. The summed E-state index contributed by atoms with van der Waals surface area (Å²) in [5.74, 6) is 2.14. The van der Waals surface area contributed by atoms with Gasteiger partial charge >= 0.3 is 0 Å². The third-order valence-electron chi connectivity index (χ3n) is 5.48. The van der Waals surface area contributed by atoms with Crippen molar-refractivity contribution < 1.29 is 9.53 Å². The van der Waals surface area contributed by atoms with Crippen LogP contribution in [0.25, 0.3) is 0 Å². The molecule has 0 radical (unpaired) electrons. The zero-order valence-corrected chi connectivity index (χ0v) is 15.3. The Morgan fingerprint density at radius 2 is 1.77 bits per heavy atom. The number of rotatable bonds is 5. The first-order valence-corrected chi connectivity index (χ1v) is 9.70. The molecular weight excluding hydrogens is 332 g/mol. The second kappa shape index (κ2) is 8.18. The smallest absolute Gasteiger partial charge is 0.227 e. The first kappa shape index (κ1) is 17.5. The lowest BCUT2D eigenvalue weighted by molar-refractivity contribution is -0.127. The molecule has 1 amide bonds. The van der Waals surface area contributed by atoms with E-state index in [1.807, 2.05) is 17.2 Å². The Labute approximate surface area is 154 Å². The molecule has 8 nitrogen and oxygen atoms in total. The van der Waals surface area contributed by atoms with Gasteiger partial charge in [-0.25, -0.2) is 4.98 Å². The van der Waals surface area contributed by atoms with E-state index in [9.17, 15) is 4.79 Å². The Balaban J connectivity index is 1.28. The lowest BCUT2D eigenvalue weighted by Crippen LogP contribution is -2.49. The molecule has 142 valence electrons.